The number of nitrogens with one attached hydrogen (secondary N) is 3. The van der Waals surface area contributed by atoms with Crippen molar-refractivity contribution in [3.8, 4) is 0 Å². The number of amides is 2. The molecule has 0 saturated carbocycles. The molecule has 9 heteroatoms. The molecule has 1 aliphatic carbocycles. The predicted molar refractivity (Wildman–Crippen MR) is 164 cm³/mol. The largest absolute Gasteiger partial charge is 0.396 e. The van der Waals surface area contributed by atoms with Crippen molar-refractivity contribution in [2.45, 2.75) is 56.1 Å². The molecular formula is C33H41N3O5S. The molecule has 0 saturated heterocycles. The molecule has 224 valence electrons. The van der Waals surface area contributed by atoms with E-state index in [1.807, 2.05) is 54.6 Å². The van der Waals surface area contributed by atoms with E-state index < -0.39 is 29.0 Å². The molecule has 0 spiro atoms. The molecule has 5 atom stereocenters. The molecule has 0 radical (unpaired) electrons. The average Bonchev–Trinajstić information content (AvgIpc) is 3.33. The highest BCUT2D eigenvalue weighted by Crippen LogP contribution is 2.32. The van der Waals surface area contributed by atoms with Gasteiger partial charge in [0.1, 0.15) is 11.0 Å². The van der Waals surface area contributed by atoms with Crippen molar-refractivity contribution >= 4 is 22.8 Å². The summed E-state index contributed by atoms with van der Waals surface area (Å²) in [5.74, 6) is -1.15. The van der Waals surface area contributed by atoms with Crippen LogP contribution in [-0.2, 0) is 28.6 Å². The van der Waals surface area contributed by atoms with Gasteiger partial charge in [-0.05, 0) is 66.1 Å². The van der Waals surface area contributed by atoms with Gasteiger partial charge in [0.2, 0.25) is 5.91 Å². The number of aliphatic hydroxyl groups excluding tert-OH is 2. The molecule has 0 bridgehead atoms. The molecular weight excluding hydrogens is 550 g/mol. The summed E-state index contributed by atoms with van der Waals surface area (Å²) in [4.78, 5) is 26.4. The Balaban J connectivity index is 1.38. The van der Waals surface area contributed by atoms with Gasteiger partial charge < -0.3 is 20.8 Å². The quantitative estimate of drug-likeness (QED) is 0.173. The Bertz CT molecular complexity index is 1340. The third-order valence-corrected chi connectivity index (χ3v) is 8.85. The van der Waals surface area contributed by atoms with E-state index >= 15 is 0 Å². The number of hydrogen-bond donors (Lipinski definition) is 5. The maximum atomic E-state index is 13.6. The topological polar surface area (TPSA) is 128 Å². The summed E-state index contributed by atoms with van der Waals surface area (Å²) in [6, 6.07) is 23.6. The minimum Gasteiger partial charge on any atom is -0.396 e. The molecule has 0 aliphatic heterocycles. The van der Waals surface area contributed by atoms with E-state index in [-0.39, 0.29) is 30.9 Å². The molecule has 0 fully saturated rings. The number of fused-ring (bicyclic) bond motifs is 1. The van der Waals surface area contributed by atoms with E-state index in [1.54, 1.807) is 24.3 Å². The van der Waals surface area contributed by atoms with Gasteiger partial charge >= 0.3 is 0 Å². The van der Waals surface area contributed by atoms with Crippen molar-refractivity contribution in [2.75, 3.05) is 19.7 Å². The molecule has 42 heavy (non-hydrogen) atoms. The number of hydrogen-bond acceptors (Lipinski definition) is 5. The lowest BCUT2D eigenvalue weighted by atomic mass is 9.88. The minimum absolute atomic E-state index is 0.162. The lowest BCUT2D eigenvalue weighted by Crippen LogP contribution is -2.40. The third-order valence-electron chi connectivity index (χ3n) is 7.72. The summed E-state index contributed by atoms with van der Waals surface area (Å²) in [5, 5.41) is 26.8. The van der Waals surface area contributed by atoms with Crippen molar-refractivity contribution in [1.82, 2.24) is 15.4 Å². The Labute approximate surface area is 250 Å². The Morgan fingerprint density at radius 3 is 2.43 bits per heavy atom. The molecule has 3 aromatic carbocycles. The van der Waals surface area contributed by atoms with Gasteiger partial charge in [0.25, 0.3) is 5.91 Å². The first-order valence-corrected chi connectivity index (χ1v) is 15.8. The summed E-state index contributed by atoms with van der Waals surface area (Å²) in [7, 11) is -1.56. The van der Waals surface area contributed by atoms with Crippen LogP contribution in [0.4, 0.5) is 0 Å². The van der Waals surface area contributed by atoms with E-state index in [1.165, 1.54) is 0 Å². The van der Waals surface area contributed by atoms with Crippen LogP contribution in [0.3, 0.4) is 0 Å². The van der Waals surface area contributed by atoms with E-state index in [0.717, 1.165) is 29.5 Å². The molecule has 4 rings (SSSR count). The monoisotopic (exact) mass is 591 g/mol. The van der Waals surface area contributed by atoms with Crippen molar-refractivity contribution in [3.05, 3.63) is 101 Å². The first-order valence-electron chi connectivity index (χ1n) is 14.6. The normalized spacial score (nSPS) is 18.1. The van der Waals surface area contributed by atoms with Crippen molar-refractivity contribution in [2.24, 2.45) is 11.8 Å². The Kier molecular flexibility index (Phi) is 11.8. The maximum absolute atomic E-state index is 13.6. The number of aliphatic hydroxyl groups is 2. The first-order chi connectivity index (χ1) is 20.4. The zero-order chi connectivity index (χ0) is 29.9. The fourth-order valence-corrected chi connectivity index (χ4v) is 6.25. The second kappa shape index (κ2) is 15.7. The first kappa shape index (κ1) is 31.6. The molecule has 1 aliphatic rings. The smallest absolute Gasteiger partial charge is 0.251 e. The molecule has 5 N–H and O–H groups in total. The molecule has 2 amide bonds. The SMILES string of the molecule is CCCCNC(=O)c1ccc(S(=O)NCC(CO)CC(Cc2ccccc2)C(=O)NC2c3ccccc3CC2O)cc1. The molecule has 0 heterocycles. The number of unbranched alkanes of at least 4 members (excludes halogenated alkanes) is 1. The second-order valence-corrected chi connectivity index (χ2v) is 12.2. The zero-order valence-corrected chi connectivity index (χ0v) is 24.8. The van der Waals surface area contributed by atoms with Gasteiger partial charge in [-0.15, -0.1) is 0 Å². The fourth-order valence-electron chi connectivity index (χ4n) is 5.31. The highest BCUT2D eigenvalue weighted by molar-refractivity contribution is 7.83. The number of rotatable bonds is 15. The van der Waals surface area contributed by atoms with Crippen LogP contribution in [0.1, 0.15) is 59.3 Å². The molecule has 3 aromatic rings. The van der Waals surface area contributed by atoms with E-state index in [2.05, 4.69) is 22.3 Å². The third kappa shape index (κ3) is 8.58. The molecule has 0 aromatic heterocycles. The van der Waals surface area contributed by atoms with Crippen molar-refractivity contribution < 1.29 is 24.0 Å². The van der Waals surface area contributed by atoms with Gasteiger partial charge in [0.15, 0.2) is 0 Å². The fraction of sp³-hybridized carbons (Fsp3) is 0.394. The summed E-state index contributed by atoms with van der Waals surface area (Å²) in [6.45, 7) is 2.72. The van der Waals surface area contributed by atoms with Crippen LogP contribution in [0.5, 0.6) is 0 Å². The van der Waals surface area contributed by atoms with E-state index in [0.29, 0.717) is 36.3 Å². The van der Waals surface area contributed by atoms with E-state index in [4.69, 9.17) is 0 Å². The van der Waals surface area contributed by atoms with Crippen LogP contribution in [0.25, 0.3) is 0 Å². The highest BCUT2D eigenvalue weighted by atomic mass is 32.2. The van der Waals surface area contributed by atoms with Crippen LogP contribution in [0.2, 0.25) is 0 Å². The number of carbonyl (C=O) groups excluding carboxylic acids is 2. The summed E-state index contributed by atoms with van der Waals surface area (Å²) in [5.41, 5.74) is 3.46. The Morgan fingerprint density at radius 2 is 1.71 bits per heavy atom. The van der Waals surface area contributed by atoms with Crippen LogP contribution in [0, 0.1) is 11.8 Å². The summed E-state index contributed by atoms with van der Waals surface area (Å²) >= 11 is 0. The summed E-state index contributed by atoms with van der Waals surface area (Å²) in [6.07, 6.45) is 2.53. The minimum atomic E-state index is -1.56. The summed E-state index contributed by atoms with van der Waals surface area (Å²) < 4.78 is 15.9. The maximum Gasteiger partial charge on any atom is 0.251 e. The zero-order valence-electron chi connectivity index (χ0n) is 24.0. The van der Waals surface area contributed by atoms with Gasteiger partial charge in [-0.2, -0.15) is 0 Å². The van der Waals surface area contributed by atoms with Crippen LogP contribution in [0.15, 0.2) is 83.8 Å². The Morgan fingerprint density at radius 1 is 1.00 bits per heavy atom. The van der Waals surface area contributed by atoms with Crippen molar-refractivity contribution in [1.29, 1.82) is 0 Å². The van der Waals surface area contributed by atoms with Gasteiger partial charge in [-0.3, -0.25) is 9.59 Å². The number of carbonyl (C=O) groups is 2. The molecule has 8 nitrogen and oxygen atoms in total. The molecule has 5 unspecified atom stereocenters. The lowest BCUT2D eigenvalue weighted by molar-refractivity contribution is -0.127. The number of benzene rings is 3. The lowest BCUT2D eigenvalue weighted by Gasteiger charge is -2.25. The highest BCUT2D eigenvalue weighted by Gasteiger charge is 2.34. The van der Waals surface area contributed by atoms with Gasteiger partial charge in [0, 0.05) is 37.6 Å². The van der Waals surface area contributed by atoms with Gasteiger partial charge in [-0.25, -0.2) is 8.93 Å². The van der Waals surface area contributed by atoms with Crippen molar-refractivity contribution in [3.63, 3.8) is 0 Å². The average molecular weight is 592 g/mol. The van der Waals surface area contributed by atoms with Gasteiger partial charge in [-0.1, -0.05) is 67.9 Å². The van der Waals surface area contributed by atoms with Crippen LogP contribution < -0.4 is 15.4 Å². The van der Waals surface area contributed by atoms with E-state index in [9.17, 15) is 24.0 Å². The Hall–Kier alpha value is -3.37. The van der Waals surface area contributed by atoms with Gasteiger partial charge in [0.05, 0.1) is 17.0 Å². The van der Waals surface area contributed by atoms with Crippen LogP contribution >= 0.6 is 0 Å². The second-order valence-electron chi connectivity index (χ2n) is 10.9. The standard InChI is InChI=1S/C33H41N3O5S/c1-2-3-17-34-32(39)25-13-15-28(16-14-25)42(41)35-21-24(22-37)19-27(18-23-9-5-4-6-10-23)33(40)36-31-29-12-8-7-11-26(29)20-30(31)38/h4-16,24,27,30-31,35,37-38H,2-3,17-22H2,1H3,(H,34,39)(H,36,40). The van der Waals surface area contributed by atoms with Crippen LogP contribution in [-0.4, -0.2) is 52.0 Å². The predicted octanol–water partition coefficient (Wildman–Crippen LogP) is 3.46.